The Morgan fingerprint density at radius 2 is 2.14 bits per heavy atom. The second-order valence-corrected chi connectivity index (χ2v) is 6.21. The first-order chi connectivity index (χ1) is 9.89. The summed E-state index contributed by atoms with van der Waals surface area (Å²) in [5, 5.41) is 12.4. The summed E-state index contributed by atoms with van der Waals surface area (Å²) in [4.78, 5) is 13.7. The van der Waals surface area contributed by atoms with Gasteiger partial charge in [0.25, 0.3) is 0 Å². The van der Waals surface area contributed by atoms with E-state index in [2.05, 4.69) is 11.4 Å². The topological polar surface area (TPSA) is 65.4 Å². The van der Waals surface area contributed by atoms with E-state index in [1.54, 1.807) is 11.0 Å². The van der Waals surface area contributed by atoms with Crippen molar-refractivity contribution in [3.63, 3.8) is 0 Å². The number of nitrogens with zero attached hydrogens (tertiary/aromatic N) is 2. The predicted octanol–water partition coefficient (Wildman–Crippen LogP) is 2.98. The third kappa shape index (κ3) is 4.12. The van der Waals surface area contributed by atoms with Crippen LogP contribution < -0.4 is 5.32 Å². The van der Waals surface area contributed by atoms with E-state index in [9.17, 15) is 4.79 Å². The van der Waals surface area contributed by atoms with Crippen LogP contribution in [0.15, 0.2) is 24.3 Å². The zero-order valence-corrected chi connectivity index (χ0v) is 12.7. The van der Waals surface area contributed by atoms with Crippen molar-refractivity contribution in [3.8, 4) is 6.07 Å². The molecule has 1 atom stereocenters. The number of hydrogen-bond donors (Lipinski definition) is 1. The summed E-state index contributed by atoms with van der Waals surface area (Å²) in [6, 6.07) is 9.71. The standard InChI is InChI=1S/C16H21N3O2/c1-16(2,3)21-15(20)19-9-8-13(11-19)18-14-7-5-4-6-12(14)10-17/h4-7,13,18H,8-9,11H2,1-3H3. The normalized spacial score (nSPS) is 18.2. The lowest BCUT2D eigenvalue weighted by molar-refractivity contribution is 0.0293. The molecule has 2 rings (SSSR count). The van der Waals surface area contributed by atoms with Gasteiger partial charge < -0.3 is 15.0 Å². The average Bonchev–Trinajstić information content (AvgIpc) is 2.86. The van der Waals surface area contributed by atoms with Gasteiger partial charge in [-0.2, -0.15) is 5.26 Å². The summed E-state index contributed by atoms with van der Waals surface area (Å²) in [5.41, 5.74) is 0.958. The molecule has 0 aliphatic carbocycles. The van der Waals surface area contributed by atoms with E-state index in [-0.39, 0.29) is 12.1 Å². The molecule has 5 nitrogen and oxygen atoms in total. The van der Waals surface area contributed by atoms with Gasteiger partial charge in [-0.25, -0.2) is 4.79 Å². The fourth-order valence-electron chi connectivity index (χ4n) is 2.30. The van der Waals surface area contributed by atoms with Gasteiger partial charge in [0.2, 0.25) is 0 Å². The van der Waals surface area contributed by atoms with Crippen LogP contribution in [0.5, 0.6) is 0 Å². The molecule has 1 aromatic rings. The van der Waals surface area contributed by atoms with E-state index in [0.29, 0.717) is 18.7 Å². The van der Waals surface area contributed by atoms with Crippen LogP contribution >= 0.6 is 0 Å². The molecule has 0 bridgehead atoms. The van der Waals surface area contributed by atoms with Crippen LogP contribution in [0.25, 0.3) is 0 Å². The monoisotopic (exact) mass is 287 g/mol. The highest BCUT2D eigenvalue weighted by molar-refractivity contribution is 5.69. The number of para-hydroxylation sites is 1. The summed E-state index contributed by atoms with van der Waals surface area (Å²) in [5.74, 6) is 0. The molecule has 5 heteroatoms. The Bertz CT molecular complexity index is 557. The van der Waals surface area contributed by atoms with Crippen LogP contribution in [0, 0.1) is 11.3 Å². The van der Waals surface area contributed by atoms with Gasteiger partial charge in [-0.15, -0.1) is 0 Å². The quantitative estimate of drug-likeness (QED) is 0.908. The summed E-state index contributed by atoms with van der Waals surface area (Å²) >= 11 is 0. The maximum Gasteiger partial charge on any atom is 0.410 e. The fourth-order valence-corrected chi connectivity index (χ4v) is 2.30. The van der Waals surface area contributed by atoms with Crippen LogP contribution in [0.2, 0.25) is 0 Å². The number of nitrogens with one attached hydrogen (secondary N) is 1. The SMILES string of the molecule is CC(C)(C)OC(=O)N1CCC(Nc2ccccc2C#N)C1. The van der Waals surface area contributed by atoms with Crippen LogP contribution in [0.4, 0.5) is 10.5 Å². The minimum Gasteiger partial charge on any atom is -0.444 e. The van der Waals surface area contributed by atoms with Gasteiger partial charge in [0.1, 0.15) is 11.7 Å². The van der Waals surface area contributed by atoms with E-state index in [1.807, 2.05) is 39.0 Å². The smallest absolute Gasteiger partial charge is 0.410 e. The van der Waals surface area contributed by atoms with E-state index in [1.165, 1.54) is 0 Å². The third-order valence-electron chi connectivity index (χ3n) is 3.25. The lowest BCUT2D eigenvalue weighted by Crippen LogP contribution is -2.36. The second kappa shape index (κ2) is 6.04. The number of ether oxygens (including phenoxy) is 1. The molecule has 1 fully saturated rings. The Morgan fingerprint density at radius 3 is 2.81 bits per heavy atom. The molecular formula is C16H21N3O2. The second-order valence-electron chi connectivity index (χ2n) is 6.21. The largest absolute Gasteiger partial charge is 0.444 e. The Hall–Kier alpha value is -2.22. The van der Waals surface area contributed by atoms with Crippen molar-refractivity contribution in [1.82, 2.24) is 4.90 Å². The Kier molecular flexibility index (Phi) is 4.37. The van der Waals surface area contributed by atoms with Crippen LogP contribution in [-0.2, 0) is 4.74 Å². The first-order valence-electron chi connectivity index (χ1n) is 7.12. The molecule has 1 saturated heterocycles. The first-order valence-corrected chi connectivity index (χ1v) is 7.12. The number of hydrogen-bond acceptors (Lipinski definition) is 4. The van der Waals surface area contributed by atoms with Crippen molar-refractivity contribution in [2.45, 2.75) is 38.8 Å². The van der Waals surface area contributed by atoms with Crippen LogP contribution in [0.1, 0.15) is 32.8 Å². The maximum atomic E-state index is 12.0. The molecule has 0 aromatic heterocycles. The van der Waals surface area contributed by atoms with Crippen molar-refractivity contribution in [2.24, 2.45) is 0 Å². The highest BCUT2D eigenvalue weighted by Gasteiger charge is 2.29. The summed E-state index contributed by atoms with van der Waals surface area (Å²) in [6.45, 7) is 6.84. The van der Waals surface area contributed by atoms with Gasteiger partial charge in [-0.05, 0) is 39.3 Å². The van der Waals surface area contributed by atoms with Crippen molar-refractivity contribution >= 4 is 11.8 Å². The minimum absolute atomic E-state index is 0.145. The number of carbonyl (C=O) groups is 1. The zero-order chi connectivity index (χ0) is 15.5. The molecular weight excluding hydrogens is 266 g/mol. The van der Waals surface area contributed by atoms with Gasteiger partial charge in [0, 0.05) is 19.1 Å². The van der Waals surface area contributed by atoms with E-state index >= 15 is 0 Å². The van der Waals surface area contributed by atoms with Crippen molar-refractivity contribution in [2.75, 3.05) is 18.4 Å². The average molecular weight is 287 g/mol. The van der Waals surface area contributed by atoms with Gasteiger partial charge >= 0.3 is 6.09 Å². The highest BCUT2D eigenvalue weighted by atomic mass is 16.6. The van der Waals surface area contributed by atoms with E-state index < -0.39 is 5.60 Å². The van der Waals surface area contributed by atoms with Gasteiger partial charge in [-0.1, -0.05) is 12.1 Å². The molecule has 0 radical (unpaired) electrons. The highest BCUT2D eigenvalue weighted by Crippen LogP contribution is 2.20. The summed E-state index contributed by atoms with van der Waals surface area (Å²) in [7, 11) is 0. The van der Waals surface area contributed by atoms with Crippen LogP contribution in [0.3, 0.4) is 0 Å². The molecule has 1 unspecified atom stereocenters. The van der Waals surface area contributed by atoms with Gasteiger partial charge in [0.15, 0.2) is 0 Å². The van der Waals surface area contributed by atoms with Crippen molar-refractivity contribution in [1.29, 1.82) is 5.26 Å². The molecule has 21 heavy (non-hydrogen) atoms. The number of likely N-dealkylation sites (tertiary alicyclic amines) is 1. The molecule has 1 aromatic carbocycles. The lowest BCUT2D eigenvalue weighted by atomic mass is 10.1. The maximum absolute atomic E-state index is 12.0. The van der Waals surface area contributed by atoms with Gasteiger partial charge in [-0.3, -0.25) is 0 Å². The molecule has 1 aliphatic heterocycles. The van der Waals surface area contributed by atoms with Gasteiger partial charge in [0.05, 0.1) is 11.3 Å². The molecule has 1 N–H and O–H groups in total. The molecule has 0 spiro atoms. The fraction of sp³-hybridized carbons (Fsp3) is 0.500. The number of nitriles is 1. The summed E-state index contributed by atoms with van der Waals surface area (Å²) < 4.78 is 5.37. The van der Waals surface area contributed by atoms with Crippen molar-refractivity contribution < 1.29 is 9.53 Å². The number of rotatable bonds is 2. The first kappa shape index (κ1) is 15.2. The lowest BCUT2D eigenvalue weighted by Gasteiger charge is -2.24. The minimum atomic E-state index is -0.476. The molecule has 1 amide bonds. The van der Waals surface area contributed by atoms with E-state index in [0.717, 1.165) is 12.1 Å². The van der Waals surface area contributed by atoms with Crippen molar-refractivity contribution in [3.05, 3.63) is 29.8 Å². The number of benzene rings is 1. The summed E-state index contributed by atoms with van der Waals surface area (Å²) in [6.07, 6.45) is 0.569. The molecule has 0 saturated carbocycles. The van der Waals surface area contributed by atoms with E-state index in [4.69, 9.17) is 10.00 Å². The Morgan fingerprint density at radius 1 is 1.43 bits per heavy atom. The predicted molar refractivity (Wildman–Crippen MR) is 81.0 cm³/mol. The molecule has 1 heterocycles. The zero-order valence-electron chi connectivity index (χ0n) is 12.7. The third-order valence-corrected chi connectivity index (χ3v) is 3.25. The molecule has 112 valence electrons. The Balaban J connectivity index is 1.94. The number of amides is 1. The Labute approximate surface area is 125 Å². The number of anilines is 1. The van der Waals surface area contributed by atoms with Crippen LogP contribution in [-0.4, -0.2) is 35.7 Å². The number of carbonyl (C=O) groups excluding carboxylic acids is 1. The molecule has 1 aliphatic rings.